The fourth-order valence-electron chi connectivity index (χ4n) is 2.70. The Hall–Kier alpha value is -2.56. The zero-order chi connectivity index (χ0) is 18.0. The first-order valence-corrected chi connectivity index (χ1v) is 9.40. The molecule has 2 aromatic rings. The van der Waals surface area contributed by atoms with Crippen molar-refractivity contribution in [3.63, 3.8) is 0 Å². The SMILES string of the molecule is N#Cc1ccccc1S(=O)(=O)Nc1ccc(N2CCCC2=O)c(Cl)c1. The van der Waals surface area contributed by atoms with Crippen molar-refractivity contribution in [2.45, 2.75) is 17.7 Å². The molecule has 1 aliphatic rings. The van der Waals surface area contributed by atoms with Crippen LogP contribution in [0.25, 0.3) is 0 Å². The van der Waals surface area contributed by atoms with Crippen LogP contribution in [0.3, 0.4) is 0 Å². The molecule has 0 atom stereocenters. The highest BCUT2D eigenvalue weighted by atomic mass is 35.5. The number of nitriles is 1. The maximum Gasteiger partial charge on any atom is 0.263 e. The van der Waals surface area contributed by atoms with Gasteiger partial charge in [0.25, 0.3) is 10.0 Å². The van der Waals surface area contributed by atoms with Crippen LogP contribution in [-0.4, -0.2) is 20.9 Å². The van der Waals surface area contributed by atoms with E-state index in [-0.39, 0.29) is 27.1 Å². The summed E-state index contributed by atoms with van der Waals surface area (Å²) in [7, 11) is -3.93. The summed E-state index contributed by atoms with van der Waals surface area (Å²) in [5.41, 5.74) is 0.873. The van der Waals surface area contributed by atoms with Gasteiger partial charge >= 0.3 is 0 Å². The first-order valence-electron chi connectivity index (χ1n) is 7.54. The number of benzene rings is 2. The van der Waals surface area contributed by atoms with Gasteiger partial charge in [-0.3, -0.25) is 9.52 Å². The second-order valence-corrected chi connectivity index (χ2v) is 7.59. The van der Waals surface area contributed by atoms with E-state index >= 15 is 0 Å². The van der Waals surface area contributed by atoms with Crippen molar-refractivity contribution in [1.82, 2.24) is 0 Å². The molecule has 1 saturated heterocycles. The second kappa shape index (κ2) is 6.75. The Morgan fingerprint density at radius 3 is 2.60 bits per heavy atom. The number of nitrogens with one attached hydrogen (secondary N) is 1. The predicted octanol–water partition coefficient (Wildman–Crippen LogP) is 3.14. The van der Waals surface area contributed by atoms with Crippen LogP contribution in [0.4, 0.5) is 11.4 Å². The Bertz CT molecular complexity index is 983. The molecule has 1 N–H and O–H groups in total. The highest BCUT2D eigenvalue weighted by Crippen LogP contribution is 2.32. The monoisotopic (exact) mass is 375 g/mol. The van der Waals surface area contributed by atoms with Crippen molar-refractivity contribution in [2.75, 3.05) is 16.2 Å². The smallest absolute Gasteiger partial charge is 0.263 e. The number of rotatable bonds is 4. The molecule has 0 saturated carbocycles. The fraction of sp³-hybridized carbons (Fsp3) is 0.176. The van der Waals surface area contributed by atoms with E-state index in [2.05, 4.69) is 4.72 Å². The lowest BCUT2D eigenvalue weighted by Crippen LogP contribution is -2.24. The molecule has 0 radical (unpaired) electrons. The highest BCUT2D eigenvalue weighted by Gasteiger charge is 2.24. The standard InChI is InChI=1S/C17H14ClN3O3S/c18-14-10-13(7-8-15(14)21-9-3-6-17(21)22)20-25(23,24)16-5-2-1-4-12(16)11-19/h1-2,4-5,7-8,10,20H,3,6,9H2. The number of hydrogen-bond acceptors (Lipinski definition) is 4. The van der Waals surface area contributed by atoms with E-state index in [4.69, 9.17) is 16.9 Å². The third kappa shape index (κ3) is 3.45. The van der Waals surface area contributed by atoms with E-state index in [1.807, 2.05) is 6.07 Å². The van der Waals surface area contributed by atoms with Crippen LogP contribution in [0.2, 0.25) is 5.02 Å². The summed E-state index contributed by atoms with van der Waals surface area (Å²) < 4.78 is 27.4. The van der Waals surface area contributed by atoms with Crippen molar-refractivity contribution in [2.24, 2.45) is 0 Å². The van der Waals surface area contributed by atoms with Crippen LogP contribution < -0.4 is 9.62 Å². The lowest BCUT2D eigenvalue weighted by molar-refractivity contribution is -0.117. The molecule has 1 aliphatic heterocycles. The van der Waals surface area contributed by atoms with Gasteiger partial charge in [0.1, 0.15) is 11.0 Å². The largest absolute Gasteiger partial charge is 0.311 e. The van der Waals surface area contributed by atoms with E-state index in [9.17, 15) is 13.2 Å². The molecule has 1 amide bonds. The molecule has 0 bridgehead atoms. The highest BCUT2D eigenvalue weighted by molar-refractivity contribution is 7.92. The zero-order valence-corrected chi connectivity index (χ0v) is 14.6. The predicted molar refractivity (Wildman–Crippen MR) is 95.0 cm³/mol. The Labute approximate surface area is 150 Å². The quantitative estimate of drug-likeness (QED) is 0.888. The van der Waals surface area contributed by atoms with Gasteiger partial charge < -0.3 is 4.90 Å². The minimum Gasteiger partial charge on any atom is -0.311 e. The van der Waals surface area contributed by atoms with E-state index in [1.54, 1.807) is 29.2 Å². The van der Waals surface area contributed by atoms with Gasteiger partial charge in [-0.25, -0.2) is 8.42 Å². The summed E-state index contributed by atoms with van der Waals surface area (Å²) in [6, 6.07) is 12.4. The van der Waals surface area contributed by atoms with Gasteiger partial charge in [-0.1, -0.05) is 23.7 Å². The van der Waals surface area contributed by atoms with Gasteiger partial charge in [-0.15, -0.1) is 0 Å². The summed E-state index contributed by atoms with van der Waals surface area (Å²) >= 11 is 6.23. The molecule has 6 nitrogen and oxygen atoms in total. The summed E-state index contributed by atoms with van der Waals surface area (Å²) in [6.07, 6.45) is 1.25. The van der Waals surface area contributed by atoms with E-state index in [0.29, 0.717) is 18.7 Å². The number of nitrogens with zero attached hydrogens (tertiary/aromatic N) is 2. The Kier molecular flexibility index (Phi) is 4.66. The van der Waals surface area contributed by atoms with Gasteiger partial charge in [0.05, 0.1) is 22.0 Å². The maximum absolute atomic E-state index is 12.5. The molecule has 128 valence electrons. The lowest BCUT2D eigenvalue weighted by Gasteiger charge is -2.18. The summed E-state index contributed by atoms with van der Waals surface area (Å²) in [5.74, 6) is -0.00169. The van der Waals surface area contributed by atoms with Gasteiger partial charge in [0, 0.05) is 13.0 Å². The molecule has 0 aliphatic carbocycles. The van der Waals surface area contributed by atoms with Gasteiger partial charge in [0.15, 0.2) is 0 Å². The summed E-state index contributed by atoms with van der Waals surface area (Å²) in [4.78, 5) is 13.3. The van der Waals surface area contributed by atoms with Crippen molar-refractivity contribution < 1.29 is 13.2 Å². The normalized spacial score (nSPS) is 14.4. The molecule has 3 rings (SSSR count). The van der Waals surface area contributed by atoms with Crippen LogP contribution in [0.5, 0.6) is 0 Å². The van der Waals surface area contributed by atoms with Crippen LogP contribution >= 0.6 is 11.6 Å². The third-order valence-electron chi connectivity index (χ3n) is 3.86. The Morgan fingerprint density at radius 2 is 1.96 bits per heavy atom. The molecule has 8 heteroatoms. The molecule has 25 heavy (non-hydrogen) atoms. The van der Waals surface area contributed by atoms with Gasteiger partial charge in [0.2, 0.25) is 5.91 Å². The molecule has 0 unspecified atom stereocenters. The molecular weight excluding hydrogens is 362 g/mol. The van der Waals surface area contributed by atoms with Crippen LogP contribution in [0, 0.1) is 11.3 Å². The minimum absolute atomic E-state index is 0.00169. The van der Waals surface area contributed by atoms with Crippen molar-refractivity contribution in [3.8, 4) is 6.07 Å². The zero-order valence-electron chi connectivity index (χ0n) is 13.1. The molecular formula is C17H14ClN3O3S. The van der Waals surface area contributed by atoms with Crippen molar-refractivity contribution in [1.29, 1.82) is 5.26 Å². The molecule has 1 fully saturated rings. The molecule has 0 aromatic heterocycles. The number of anilines is 2. The molecule has 1 heterocycles. The van der Waals surface area contributed by atoms with Gasteiger partial charge in [-0.2, -0.15) is 5.26 Å². The number of hydrogen-bond donors (Lipinski definition) is 1. The molecule has 0 spiro atoms. The third-order valence-corrected chi connectivity index (χ3v) is 5.60. The summed E-state index contributed by atoms with van der Waals surface area (Å²) in [5, 5.41) is 9.36. The first kappa shape index (κ1) is 17.3. The number of carbonyl (C=O) groups excluding carboxylic acids is 1. The fourth-order valence-corrected chi connectivity index (χ4v) is 4.19. The minimum atomic E-state index is -3.93. The van der Waals surface area contributed by atoms with E-state index in [0.717, 1.165) is 6.42 Å². The maximum atomic E-state index is 12.5. The summed E-state index contributed by atoms with van der Waals surface area (Å²) in [6.45, 7) is 0.596. The van der Waals surface area contributed by atoms with Crippen molar-refractivity contribution in [3.05, 3.63) is 53.1 Å². The van der Waals surface area contributed by atoms with Crippen LogP contribution in [0.1, 0.15) is 18.4 Å². The second-order valence-electron chi connectivity index (χ2n) is 5.53. The average molecular weight is 376 g/mol. The first-order chi connectivity index (χ1) is 11.9. The number of carbonyl (C=O) groups is 1. The van der Waals surface area contributed by atoms with E-state index in [1.165, 1.54) is 18.2 Å². The van der Waals surface area contributed by atoms with E-state index < -0.39 is 10.0 Å². The van der Waals surface area contributed by atoms with Crippen LogP contribution in [-0.2, 0) is 14.8 Å². The Morgan fingerprint density at radius 1 is 1.20 bits per heavy atom. The lowest BCUT2D eigenvalue weighted by atomic mass is 10.2. The van der Waals surface area contributed by atoms with Crippen molar-refractivity contribution >= 4 is 38.9 Å². The topological polar surface area (TPSA) is 90.3 Å². The van der Waals surface area contributed by atoms with Gasteiger partial charge in [-0.05, 0) is 36.8 Å². The number of amides is 1. The van der Waals surface area contributed by atoms with Crippen LogP contribution in [0.15, 0.2) is 47.4 Å². The number of sulfonamides is 1. The average Bonchev–Trinajstić information content (AvgIpc) is 3.00. The molecule has 2 aromatic carbocycles. The Balaban J connectivity index is 1.89. The number of halogens is 1.